The van der Waals surface area contributed by atoms with E-state index in [9.17, 15) is 13.5 Å². The molecule has 0 atom stereocenters. The zero-order valence-corrected chi connectivity index (χ0v) is 18.4. The van der Waals surface area contributed by atoms with Crippen molar-refractivity contribution in [2.45, 2.75) is 72.3 Å². The monoisotopic (exact) mass is 404 g/mol. The maximum Gasteiger partial charge on any atom is 0.214 e. The van der Waals surface area contributed by atoms with Crippen LogP contribution < -0.4 is 10.6 Å². The van der Waals surface area contributed by atoms with Gasteiger partial charge in [-0.25, -0.2) is 12.7 Å². The molecule has 1 aliphatic heterocycles. The molecule has 0 bridgehead atoms. The number of aliphatic hydroxyl groups excluding tert-OH is 1. The number of aliphatic hydroxyl groups is 1. The average molecular weight is 405 g/mol. The van der Waals surface area contributed by atoms with Crippen molar-refractivity contribution in [3.8, 4) is 0 Å². The molecule has 7 nitrogen and oxygen atoms in total. The number of aliphatic imine (C=N–C) groups is 1. The molecular formula is C19H40N4O3S. The molecule has 0 aromatic heterocycles. The summed E-state index contributed by atoms with van der Waals surface area (Å²) in [5.74, 6) is 1.02. The van der Waals surface area contributed by atoms with Gasteiger partial charge in [0.25, 0.3) is 0 Å². The van der Waals surface area contributed by atoms with E-state index in [4.69, 9.17) is 4.99 Å². The summed E-state index contributed by atoms with van der Waals surface area (Å²) in [5.41, 5.74) is 0.0364. The van der Waals surface area contributed by atoms with Crippen LogP contribution in [0.1, 0.15) is 66.2 Å². The predicted octanol–water partition coefficient (Wildman–Crippen LogP) is 1.93. The lowest BCUT2D eigenvalue weighted by molar-refractivity contribution is 0.175. The van der Waals surface area contributed by atoms with Crippen LogP contribution in [0.4, 0.5) is 0 Å². The topological polar surface area (TPSA) is 94.0 Å². The van der Waals surface area contributed by atoms with E-state index < -0.39 is 10.0 Å². The fourth-order valence-electron chi connectivity index (χ4n) is 3.57. The van der Waals surface area contributed by atoms with Crippen LogP contribution in [0.25, 0.3) is 0 Å². The smallest absolute Gasteiger partial charge is 0.214 e. The molecule has 3 N–H and O–H groups in total. The summed E-state index contributed by atoms with van der Waals surface area (Å²) in [6.07, 6.45) is 4.97. The van der Waals surface area contributed by atoms with E-state index in [1.807, 2.05) is 13.8 Å². The van der Waals surface area contributed by atoms with Gasteiger partial charge in [0, 0.05) is 38.8 Å². The van der Waals surface area contributed by atoms with Crippen molar-refractivity contribution in [2.24, 2.45) is 10.4 Å². The molecule has 1 heterocycles. The summed E-state index contributed by atoms with van der Waals surface area (Å²) in [4.78, 5) is 4.79. The number of sulfonamides is 1. The molecule has 27 heavy (non-hydrogen) atoms. The van der Waals surface area contributed by atoms with Gasteiger partial charge in [0.2, 0.25) is 10.0 Å². The molecule has 0 aliphatic carbocycles. The van der Waals surface area contributed by atoms with Crippen LogP contribution in [0, 0.1) is 5.41 Å². The Hall–Kier alpha value is -0.860. The van der Waals surface area contributed by atoms with E-state index >= 15 is 0 Å². The van der Waals surface area contributed by atoms with Crippen LogP contribution in [0.3, 0.4) is 0 Å². The highest BCUT2D eigenvalue weighted by molar-refractivity contribution is 7.89. The van der Waals surface area contributed by atoms with Crippen molar-refractivity contribution in [2.75, 3.05) is 38.5 Å². The highest BCUT2D eigenvalue weighted by atomic mass is 32.2. The van der Waals surface area contributed by atoms with Gasteiger partial charge in [-0.1, -0.05) is 20.8 Å². The second kappa shape index (κ2) is 11.9. The fourth-order valence-corrected chi connectivity index (χ4v) is 5.11. The van der Waals surface area contributed by atoms with E-state index in [2.05, 4.69) is 24.5 Å². The molecule has 0 spiro atoms. The highest BCUT2D eigenvalue weighted by Gasteiger charge is 2.28. The van der Waals surface area contributed by atoms with Gasteiger partial charge in [-0.3, -0.25) is 4.99 Å². The molecule has 1 rings (SSSR count). The summed E-state index contributed by atoms with van der Waals surface area (Å²) in [6, 6.07) is 0.228. The van der Waals surface area contributed by atoms with Crippen LogP contribution in [0.5, 0.6) is 0 Å². The zero-order valence-electron chi connectivity index (χ0n) is 17.6. The Morgan fingerprint density at radius 1 is 1.19 bits per heavy atom. The Morgan fingerprint density at radius 3 is 2.30 bits per heavy atom. The Labute approximate surface area is 166 Å². The van der Waals surface area contributed by atoms with Crippen LogP contribution >= 0.6 is 0 Å². The number of hydrogen-bond acceptors (Lipinski definition) is 4. The number of nitrogens with one attached hydrogen (secondary N) is 2. The zero-order chi connectivity index (χ0) is 20.3. The minimum absolute atomic E-state index is 0.0364. The summed E-state index contributed by atoms with van der Waals surface area (Å²) >= 11 is 0. The Bertz CT molecular complexity index is 539. The van der Waals surface area contributed by atoms with Crippen LogP contribution in [-0.4, -0.2) is 68.4 Å². The van der Waals surface area contributed by atoms with Gasteiger partial charge in [0.15, 0.2) is 5.96 Å². The van der Waals surface area contributed by atoms with E-state index in [0.29, 0.717) is 26.1 Å². The molecule has 0 radical (unpaired) electrons. The summed E-state index contributed by atoms with van der Waals surface area (Å²) in [5, 5.41) is 16.2. The normalized spacial score (nSPS) is 17.9. The van der Waals surface area contributed by atoms with Gasteiger partial charge in [0.05, 0.1) is 5.75 Å². The first-order chi connectivity index (χ1) is 12.9. The largest absolute Gasteiger partial charge is 0.396 e. The predicted molar refractivity (Wildman–Crippen MR) is 113 cm³/mol. The average Bonchev–Trinajstić information content (AvgIpc) is 2.65. The van der Waals surface area contributed by atoms with Gasteiger partial charge >= 0.3 is 0 Å². The first-order valence-electron chi connectivity index (χ1n) is 10.5. The molecule has 1 aliphatic rings. The number of rotatable bonds is 11. The lowest BCUT2D eigenvalue weighted by Crippen LogP contribution is -2.50. The van der Waals surface area contributed by atoms with Crippen LogP contribution in [0.15, 0.2) is 4.99 Å². The number of guanidine groups is 1. The third kappa shape index (κ3) is 7.58. The van der Waals surface area contributed by atoms with Crippen molar-refractivity contribution in [1.29, 1.82) is 0 Å². The molecule has 160 valence electrons. The van der Waals surface area contributed by atoms with E-state index in [1.54, 1.807) is 4.31 Å². The summed E-state index contributed by atoms with van der Waals surface area (Å²) in [7, 11) is -3.10. The quantitative estimate of drug-likeness (QED) is 0.361. The van der Waals surface area contributed by atoms with Crippen molar-refractivity contribution in [3.05, 3.63) is 0 Å². The molecule has 0 aromatic rings. The maximum absolute atomic E-state index is 12.2. The van der Waals surface area contributed by atoms with Gasteiger partial charge < -0.3 is 15.7 Å². The third-order valence-electron chi connectivity index (χ3n) is 5.71. The minimum Gasteiger partial charge on any atom is -0.396 e. The third-order valence-corrected chi connectivity index (χ3v) is 7.79. The molecule has 0 unspecified atom stereocenters. The van der Waals surface area contributed by atoms with E-state index in [0.717, 1.165) is 44.6 Å². The van der Waals surface area contributed by atoms with Gasteiger partial charge in [-0.15, -0.1) is 0 Å². The van der Waals surface area contributed by atoms with Crippen LogP contribution in [-0.2, 0) is 10.0 Å². The molecule has 0 aromatic carbocycles. The second-order valence-corrected chi connectivity index (χ2v) is 9.60. The van der Waals surface area contributed by atoms with Gasteiger partial charge in [-0.2, -0.15) is 0 Å². The maximum atomic E-state index is 12.2. The molecule has 0 amide bonds. The van der Waals surface area contributed by atoms with Gasteiger partial charge in [0.1, 0.15) is 0 Å². The van der Waals surface area contributed by atoms with Crippen LogP contribution in [0.2, 0.25) is 0 Å². The SMILES string of the molecule is CCCS(=O)(=O)N1CCC(NC(=NCC(CC)(CC)CCO)NCC)CC1. The molecule has 8 heteroatoms. The second-order valence-electron chi connectivity index (χ2n) is 7.51. The van der Waals surface area contributed by atoms with Crippen molar-refractivity contribution >= 4 is 16.0 Å². The highest BCUT2D eigenvalue weighted by Crippen LogP contribution is 2.30. The number of piperidine rings is 1. The van der Waals surface area contributed by atoms with E-state index in [-0.39, 0.29) is 23.8 Å². The van der Waals surface area contributed by atoms with Crippen molar-refractivity contribution in [1.82, 2.24) is 14.9 Å². The van der Waals surface area contributed by atoms with Crippen molar-refractivity contribution in [3.63, 3.8) is 0 Å². The number of hydrogen-bond donors (Lipinski definition) is 3. The lowest BCUT2D eigenvalue weighted by atomic mass is 9.79. The summed E-state index contributed by atoms with van der Waals surface area (Å²) < 4.78 is 26.0. The Morgan fingerprint density at radius 2 is 1.81 bits per heavy atom. The standard InChI is InChI=1S/C19H40N4O3S/c1-5-15-27(25,26)23-12-9-17(10-13-23)22-18(20-8-4)21-16-19(6-2,7-3)11-14-24/h17,24H,5-16H2,1-4H3,(H2,20,21,22). The molecule has 1 fully saturated rings. The first-order valence-corrected chi connectivity index (χ1v) is 12.1. The Kier molecular flexibility index (Phi) is 10.6. The molecule has 0 saturated carbocycles. The first kappa shape index (κ1) is 24.2. The fraction of sp³-hybridized carbons (Fsp3) is 0.947. The molecule has 1 saturated heterocycles. The van der Waals surface area contributed by atoms with E-state index in [1.165, 1.54) is 0 Å². The van der Waals surface area contributed by atoms with Crippen molar-refractivity contribution < 1.29 is 13.5 Å². The minimum atomic E-state index is -3.10. The number of nitrogens with zero attached hydrogens (tertiary/aromatic N) is 2. The summed E-state index contributed by atoms with van der Waals surface area (Å²) in [6.45, 7) is 11.0. The van der Waals surface area contributed by atoms with Gasteiger partial charge in [-0.05, 0) is 50.9 Å². The molecular weight excluding hydrogens is 364 g/mol. The lowest BCUT2D eigenvalue weighted by Gasteiger charge is -2.33. The Balaban J connectivity index is 2.68.